The van der Waals surface area contributed by atoms with Gasteiger partial charge in [-0.05, 0) is 31.2 Å². The Bertz CT molecular complexity index is 849. The van der Waals surface area contributed by atoms with Gasteiger partial charge in [-0.1, -0.05) is 11.6 Å². The highest BCUT2D eigenvalue weighted by molar-refractivity contribution is 6.31. The van der Waals surface area contributed by atoms with Crippen molar-refractivity contribution in [1.82, 2.24) is 19.4 Å². The van der Waals surface area contributed by atoms with Crippen molar-refractivity contribution in [2.45, 2.75) is 13.5 Å². The van der Waals surface area contributed by atoms with Crippen molar-refractivity contribution >= 4 is 28.5 Å². The third-order valence-electron chi connectivity index (χ3n) is 3.84. The Hall–Kier alpha value is -2.27. The van der Waals surface area contributed by atoms with E-state index in [2.05, 4.69) is 9.97 Å². The molecule has 0 aliphatic rings. The molecule has 3 aromatic rings. The Labute approximate surface area is 133 Å². The fourth-order valence-electron chi connectivity index (χ4n) is 2.45. The number of fused-ring (bicyclic) bond motifs is 1. The number of H-pyrrole nitrogens is 1. The van der Waals surface area contributed by atoms with Crippen LogP contribution in [0.5, 0.6) is 0 Å². The third-order valence-corrected chi connectivity index (χ3v) is 4.08. The van der Waals surface area contributed by atoms with Gasteiger partial charge in [0.2, 0.25) is 0 Å². The molecule has 0 saturated carbocycles. The number of amides is 1. The van der Waals surface area contributed by atoms with E-state index in [-0.39, 0.29) is 5.91 Å². The van der Waals surface area contributed by atoms with E-state index in [9.17, 15) is 4.79 Å². The molecule has 22 heavy (non-hydrogen) atoms. The number of aromatic amines is 1. The largest absolute Gasteiger partial charge is 0.354 e. The number of carbonyl (C=O) groups is 1. The van der Waals surface area contributed by atoms with E-state index in [0.717, 1.165) is 22.6 Å². The van der Waals surface area contributed by atoms with Gasteiger partial charge in [0.25, 0.3) is 5.91 Å². The molecule has 0 aliphatic carbocycles. The van der Waals surface area contributed by atoms with Crippen molar-refractivity contribution < 1.29 is 4.79 Å². The number of carbonyl (C=O) groups excluding carboxylic acids is 1. The highest BCUT2D eigenvalue weighted by Crippen LogP contribution is 2.18. The quantitative estimate of drug-likeness (QED) is 0.807. The highest BCUT2D eigenvalue weighted by atomic mass is 35.5. The number of halogens is 1. The van der Waals surface area contributed by atoms with Crippen LogP contribution in [0.2, 0.25) is 5.02 Å². The van der Waals surface area contributed by atoms with Crippen molar-refractivity contribution in [3.05, 3.63) is 52.6 Å². The molecule has 2 heterocycles. The Morgan fingerprint density at radius 3 is 2.86 bits per heavy atom. The molecule has 0 atom stereocenters. The Balaban J connectivity index is 1.81. The second-order valence-corrected chi connectivity index (χ2v) is 5.87. The van der Waals surface area contributed by atoms with Crippen LogP contribution in [-0.2, 0) is 13.6 Å². The van der Waals surface area contributed by atoms with E-state index in [1.165, 1.54) is 0 Å². The fourth-order valence-corrected chi connectivity index (χ4v) is 2.62. The zero-order valence-electron chi connectivity index (χ0n) is 12.7. The predicted molar refractivity (Wildman–Crippen MR) is 87.1 cm³/mol. The van der Waals surface area contributed by atoms with Crippen LogP contribution in [0.3, 0.4) is 0 Å². The number of benzene rings is 1. The maximum Gasteiger partial charge on any atom is 0.255 e. The van der Waals surface area contributed by atoms with Crippen LogP contribution < -0.4 is 0 Å². The number of hydrogen-bond donors (Lipinski definition) is 1. The zero-order chi connectivity index (χ0) is 15.9. The lowest BCUT2D eigenvalue weighted by molar-refractivity contribution is 0.0781. The summed E-state index contributed by atoms with van der Waals surface area (Å²) in [7, 11) is 3.70. The molecule has 0 radical (unpaired) electrons. The number of hydrogen-bond acceptors (Lipinski definition) is 2. The molecule has 0 bridgehead atoms. The van der Waals surface area contributed by atoms with Crippen LogP contribution in [0.15, 0.2) is 30.5 Å². The molecule has 6 heteroatoms. The van der Waals surface area contributed by atoms with Gasteiger partial charge in [0.05, 0.1) is 23.1 Å². The van der Waals surface area contributed by atoms with Gasteiger partial charge < -0.3 is 14.5 Å². The van der Waals surface area contributed by atoms with E-state index in [1.807, 2.05) is 42.9 Å². The van der Waals surface area contributed by atoms with Crippen LogP contribution in [0.25, 0.3) is 11.0 Å². The second kappa shape index (κ2) is 5.50. The van der Waals surface area contributed by atoms with Crippen LogP contribution in [-0.4, -0.2) is 32.4 Å². The lowest BCUT2D eigenvalue weighted by atomic mass is 10.2. The lowest BCUT2D eigenvalue weighted by Gasteiger charge is -2.15. The normalized spacial score (nSPS) is 11.1. The van der Waals surface area contributed by atoms with Gasteiger partial charge in [-0.15, -0.1) is 0 Å². The maximum atomic E-state index is 12.5. The van der Waals surface area contributed by atoms with Crippen molar-refractivity contribution in [1.29, 1.82) is 0 Å². The van der Waals surface area contributed by atoms with Gasteiger partial charge in [0.1, 0.15) is 5.82 Å². The van der Waals surface area contributed by atoms with E-state index in [0.29, 0.717) is 17.1 Å². The Morgan fingerprint density at radius 1 is 1.41 bits per heavy atom. The summed E-state index contributed by atoms with van der Waals surface area (Å²) in [5.74, 6) is 0.721. The molecule has 5 nitrogen and oxygen atoms in total. The van der Waals surface area contributed by atoms with Gasteiger partial charge in [-0.2, -0.15) is 0 Å². The number of aryl methyl sites for hydroxylation is 1. The summed E-state index contributed by atoms with van der Waals surface area (Å²) in [5.41, 5.74) is 3.38. The molecule has 1 amide bonds. The van der Waals surface area contributed by atoms with E-state index in [4.69, 9.17) is 11.6 Å². The van der Waals surface area contributed by atoms with Crippen LogP contribution in [0.1, 0.15) is 21.9 Å². The summed E-state index contributed by atoms with van der Waals surface area (Å²) in [6.07, 6.45) is 1.89. The molecule has 0 fully saturated rings. The minimum Gasteiger partial charge on any atom is -0.354 e. The molecule has 1 aromatic carbocycles. The van der Waals surface area contributed by atoms with Gasteiger partial charge in [-0.25, -0.2) is 4.98 Å². The Morgan fingerprint density at radius 2 is 2.18 bits per heavy atom. The van der Waals surface area contributed by atoms with Crippen LogP contribution in [0.4, 0.5) is 0 Å². The molecule has 0 saturated heterocycles. The number of imidazole rings is 1. The predicted octanol–water partition coefficient (Wildman–Crippen LogP) is 3.14. The van der Waals surface area contributed by atoms with E-state index in [1.54, 1.807) is 18.0 Å². The van der Waals surface area contributed by atoms with Gasteiger partial charge >= 0.3 is 0 Å². The smallest absolute Gasteiger partial charge is 0.255 e. The first kappa shape index (κ1) is 14.7. The standard InChI is InChI=1S/C16H17ClN4O/c1-10-12(6-7-20(10)2)16(22)21(3)9-15-18-13-5-4-11(17)8-14(13)19-15/h4-8H,9H2,1-3H3,(H,18,19). The monoisotopic (exact) mass is 316 g/mol. The summed E-state index contributed by atoms with van der Waals surface area (Å²) < 4.78 is 1.93. The summed E-state index contributed by atoms with van der Waals surface area (Å²) in [5, 5.41) is 0.659. The highest BCUT2D eigenvalue weighted by Gasteiger charge is 2.17. The van der Waals surface area contributed by atoms with Gasteiger partial charge in [0.15, 0.2) is 0 Å². The van der Waals surface area contributed by atoms with E-state index < -0.39 is 0 Å². The molecule has 1 N–H and O–H groups in total. The molecule has 3 rings (SSSR count). The van der Waals surface area contributed by atoms with Gasteiger partial charge in [-0.3, -0.25) is 4.79 Å². The molecule has 0 aliphatic heterocycles. The SMILES string of the molecule is Cc1c(C(=O)N(C)Cc2nc3ccc(Cl)cc3[nH]2)ccn1C. The number of nitrogens with one attached hydrogen (secondary N) is 1. The molecular weight excluding hydrogens is 300 g/mol. The van der Waals surface area contributed by atoms with Crippen molar-refractivity contribution in [2.24, 2.45) is 7.05 Å². The first-order valence-electron chi connectivity index (χ1n) is 6.97. The third kappa shape index (κ3) is 2.60. The molecule has 0 unspecified atom stereocenters. The maximum absolute atomic E-state index is 12.5. The Kier molecular flexibility index (Phi) is 3.66. The first-order chi connectivity index (χ1) is 10.5. The topological polar surface area (TPSA) is 53.9 Å². The minimum absolute atomic E-state index is 0.0170. The average Bonchev–Trinajstić information content (AvgIpc) is 3.01. The first-order valence-corrected chi connectivity index (χ1v) is 7.35. The van der Waals surface area contributed by atoms with Crippen molar-refractivity contribution in [2.75, 3.05) is 7.05 Å². The number of aromatic nitrogens is 3. The summed E-state index contributed by atoms with van der Waals surface area (Å²) in [4.78, 5) is 21.8. The molecule has 114 valence electrons. The van der Waals surface area contributed by atoms with Crippen molar-refractivity contribution in [3.8, 4) is 0 Å². The molecular formula is C16H17ClN4O. The second-order valence-electron chi connectivity index (χ2n) is 5.43. The molecule has 2 aromatic heterocycles. The minimum atomic E-state index is -0.0170. The van der Waals surface area contributed by atoms with Crippen LogP contribution in [0, 0.1) is 6.92 Å². The van der Waals surface area contributed by atoms with Gasteiger partial charge in [0, 0.05) is 31.0 Å². The summed E-state index contributed by atoms with van der Waals surface area (Å²) in [6, 6.07) is 7.33. The molecule has 0 spiro atoms. The zero-order valence-corrected chi connectivity index (χ0v) is 13.5. The van der Waals surface area contributed by atoms with Crippen LogP contribution >= 0.6 is 11.6 Å². The fraction of sp³-hybridized carbons (Fsp3) is 0.250. The lowest BCUT2D eigenvalue weighted by Crippen LogP contribution is -2.27. The number of nitrogens with zero attached hydrogens (tertiary/aromatic N) is 3. The van der Waals surface area contributed by atoms with Crippen molar-refractivity contribution in [3.63, 3.8) is 0 Å². The average molecular weight is 317 g/mol. The van der Waals surface area contributed by atoms with E-state index >= 15 is 0 Å². The number of rotatable bonds is 3. The summed E-state index contributed by atoms with van der Waals surface area (Å²) >= 11 is 5.97. The summed E-state index contributed by atoms with van der Waals surface area (Å²) in [6.45, 7) is 2.35.